The highest BCUT2D eigenvalue weighted by Crippen LogP contribution is 2.29. The summed E-state index contributed by atoms with van der Waals surface area (Å²) in [7, 11) is 3.40. The van der Waals surface area contributed by atoms with Crippen molar-refractivity contribution in [3.05, 3.63) is 47.5 Å². The van der Waals surface area contributed by atoms with E-state index in [0.717, 1.165) is 5.56 Å². The fourth-order valence-corrected chi connectivity index (χ4v) is 4.16. The van der Waals surface area contributed by atoms with Crippen molar-refractivity contribution in [1.82, 2.24) is 15.5 Å². The molecule has 0 saturated carbocycles. The maximum atomic E-state index is 13.7. The summed E-state index contributed by atoms with van der Waals surface area (Å²) >= 11 is 0. The molecule has 0 fully saturated rings. The second kappa shape index (κ2) is 11.6. The molecule has 0 aliphatic rings. The standard InChI is InChI=1S/C27H43N3O4/c1-17(2)20(16-18(3)25(33)34)30(10)24(32)22(26(4,5)6)29-23(31)21(28-9)27(7,8)19-14-12-11-13-15-19/h11-17,20-22,28H,1-10H3,(H,29,31)(H,33,34)/t20?,21-,22-/m1/s1. The molecule has 190 valence electrons. The molecular weight excluding hydrogens is 430 g/mol. The molecule has 3 atom stereocenters. The zero-order valence-corrected chi connectivity index (χ0v) is 22.4. The third-order valence-electron chi connectivity index (χ3n) is 6.43. The highest BCUT2D eigenvalue weighted by atomic mass is 16.4. The van der Waals surface area contributed by atoms with Crippen LogP contribution in [-0.2, 0) is 19.8 Å². The molecule has 1 unspecified atom stereocenters. The molecule has 0 heterocycles. The quantitative estimate of drug-likeness (QED) is 0.451. The zero-order valence-electron chi connectivity index (χ0n) is 22.4. The number of rotatable bonds is 10. The van der Waals surface area contributed by atoms with Crippen LogP contribution in [-0.4, -0.2) is 60.0 Å². The molecule has 7 nitrogen and oxygen atoms in total. The van der Waals surface area contributed by atoms with Crippen molar-refractivity contribution >= 4 is 17.8 Å². The number of hydrogen-bond donors (Lipinski definition) is 3. The number of nitrogens with zero attached hydrogens (tertiary/aromatic N) is 1. The summed E-state index contributed by atoms with van der Waals surface area (Å²) in [4.78, 5) is 40.1. The molecule has 1 aromatic rings. The molecular formula is C27H43N3O4. The number of nitrogens with one attached hydrogen (secondary N) is 2. The minimum absolute atomic E-state index is 0.0124. The van der Waals surface area contributed by atoms with Gasteiger partial charge in [-0.1, -0.05) is 84.9 Å². The van der Waals surface area contributed by atoms with E-state index in [2.05, 4.69) is 10.6 Å². The Morgan fingerprint density at radius 3 is 1.94 bits per heavy atom. The van der Waals surface area contributed by atoms with Crippen LogP contribution in [0.25, 0.3) is 0 Å². The van der Waals surface area contributed by atoms with Gasteiger partial charge >= 0.3 is 5.97 Å². The summed E-state index contributed by atoms with van der Waals surface area (Å²) in [5, 5.41) is 15.5. The molecule has 2 amide bonds. The molecule has 0 spiro atoms. The average Bonchev–Trinajstić information content (AvgIpc) is 2.74. The summed E-state index contributed by atoms with van der Waals surface area (Å²) in [6, 6.07) is 7.99. The maximum absolute atomic E-state index is 13.7. The van der Waals surface area contributed by atoms with Crippen molar-refractivity contribution in [3.8, 4) is 0 Å². The van der Waals surface area contributed by atoms with Crippen LogP contribution in [0.3, 0.4) is 0 Å². The molecule has 3 N–H and O–H groups in total. The van der Waals surface area contributed by atoms with Gasteiger partial charge in [-0.15, -0.1) is 0 Å². The number of benzene rings is 1. The van der Waals surface area contributed by atoms with Gasteiger partial charge in [-0.2, -0.15) is 0 Å². The summed E-state index contributed by atoms with van der Waals surface area (Å²) in [5.74, 6) is -1.56. The Hall–Kier alpha value is -2.67. The van der Waals surface area contributed by atoms with Crippen LogP contribution in [0.4, 0.5) is 0 Å². The van der Waals surface area contributed by atoms with Gasteiger partial charge in [-0.25, -0.2) is 4.79 Å². The Balaban J connectivity index is 3.29. The first-order chi connectivity index (χ1) is 15.5. The lowest BCUT2D eigenvalue weighted by Gasteiger charge is -2.39. The number of carboxylic acids is 1. The first-order valence-electron chi connectivity index (χ1n) is 11.8. The predicted octanol–water partition coefficient (Wildman–Crippen LogP) is 3.60. The fourth-order valence-electron chi connectivity index (χ4n) is 4.16. The Bertz CT molecular complexity index is 885. The van der Waals surface area contributed by atoms with E-state index in [1.54, 1.807) is 25.1 Å². The van der Waals surface area contributed by atoms with E-state index >= 15 is 0 Å². The van der Waals surface area contributed by atoms with E-state index in [9.17, 15) is 19.5 Å². The molecule has 0 aliphatic carbocycles. The number of carbonyl (C=O) groups excluding carboxylic acids is 2. The van der Waals surface area contributed by atoms with Gasteiger partial charge < -0.3 is 20.6 Å². The summed E-state index contributed by atoms with van der Waals surface area (Å²) in [5.41, 5.74) is 0.0895. The monoisotopic (exact) mass is 473 g/mol. The van der Waals surface area contributed by atoms with Gasteiger partial charge in [-0.05, 0) is 30.9 Å². The predicted molar refractivity (Wildman–Crippen MR) is 136 cm³/mol. The van der Waals surface area contributed by atoms with Crippen LogP contribution in [0.5, 0.6) is 0 Å². The van der Waals surface area contributed by atoms with Crippen molar-refractivity contribution in [2.45, 2.75) is 78.9 Å². The highest BCUT2D eigenvalue weighted by Gasteiger charge is 2.41. The molecule has 1 rings (SSSR count). The molecule has 0 saturated heterocycles. The van der Waals surface area contributed by atoms with Gasteiger partial charge in [0, 0.05) is 18.0 Å². The Morgan fingerprint density at radius 1 is 1.00 bits per heavy atom. The van der Waals surface area contributed by atoms with Gasteiger partial charge in [0.2, 0.25) is 11.8 Å². The van der Waals surface area contributed by atoms with Crippen LogP contribution in [0.2, 0.25) is 0 Å². The number of carbonyl (C=O) groups is 3. The maximum Gasteiger partial charge on any atom is 0.331 e. The number of amides is 2. The van der Waals surface area contributed by atoms with Crippen molar-refractivity contribution in [2.75, 3.05) is 14.1 Å². The third kappa shape index (κ3) is 7.16. The smallest absolute Gasteiger partial charge is 0.331 e. The van der Waals surface area contributed by atoms with Crippen LogP contribution in [0.1, 0.15) is 61.0 Å². The largest absolute Gasteiger partial charge is 0.478 e. The van der Waals surface area contributed by atoms with E-state index in [0.29, 0.717) is 0 Å². The van der Waals surface area contributed by atoms with E-state index in [4.69, 9.17) is 0 Å². The van der Waals surface area contributed by atoms with E-state index in [1.807, 2.05) is 78.8 Å². The van der Waals surface area contributed by atoms with Gasteiger partial charge in [0.25, 0.3) is 0 Å². The number of carboxylic acid groups (broad SMARTS) is 1. The first-order valence-corrected chi connectivity index (χ1v) is 11.8. The van der Waals surface area contributed by atoms with E-state index in [1.165, 1.54) is 6.92 Å². The van der Waals surface area contributed by atoms with Crippen molar-refractivity contribution in [2.24, 2.45) is 11.3 Å². The molecule has 0 aromatic heterocycles. The van der Waals surface area contributed by atoms with E-state index < -0.39 is 34.9 Å². The minimum Gasteiger partial charge on any atom is -0.478 e. The molecule has 0 aliphatic heterocycles. The lowest BCUT2D eigenvalue weighted by atomic mass is 9.76. The fraction of sp³-hybridized carbons (Fsp3) is 0.593. The molecule has 0 radical (unpaired) electrons. The van der Waals surface area contributed by atoms with Gasteiger partial charge in [-0.3, -0.25) is 9.59 Å². The van der Waals surface area contributed by atoms with Crippen LogP contribution >= 0.6 is 0 Å². The molecule has 1 aromatic carbocycles. The van der Waals surface area contributed by atoms with Crippen molar-refractivity contribution < 1.29 is 19.5 Å². The number of hydrogen-bond acceptors (Lipinski definition) is 4. The SMILES string of the molecule is CN[C@H](C(=O)N[C@H](C(=O)N(C)C(C=C(C)C(=O)O)C(C)C)C(C)(C)C)C(C)(C)c1ccccc1. The minimum atomic E-state index is -1.02. The van der Waals surface area contributed by atoms with Crippen molar-refractivity contribution in [1.29, 1.82) is 0 Å². The lowest BCUT2D eigenvalue weighted by molar-refractivity contribution is -0.141. The first kappa shape index (κ1) is 29.4. The Morgan fingerprint density at radius 2 is 1.53 bits per heavy atom. The summed E-state index contributed by atoms with van der Waals surface area (Å²) in [6.45, 7) is 15.1. The van der Waals surface area contributed by atoms with Crippen LogP contribution in [0.15, 0.2) is 42.0 Å². The number of aliphatic carboxylic acids is 1. The normalized spacial score (nSPS) is 15.4. The molecule has 34 heavy (non-hydrogen) atoms. The second-order valence-electron chi connectivity index (χ2n) is 11.0. The van der Waals surface area contributed by atoms with Crippen molar-refractivity contribution in [3.63, 3.8) is 0 Å². The molecule has 0 bridgehead atoms. The highest BCUT2D eigenvalue weighted by molar-refractivity contribution is 5.91. The van der Waals surface area contributed by atoms with Gasteiger partial charge in [0.05, 0.1) is 12.1 Å². The number of likely N-dealkylation sites (N-methyl/N-ethyl adjacent to an activating group) is 2. The lowest BCUT2D eigenvalue weighted by Crippen LogP contribution is -2.61. The average molecular weight is 474 g/mol. The van der Waals surface area contributed by atoms with Gasteiger partial charge in [0.15, 0.2) is 0 Å². The third-order valence-corrected chi connectivity index (χ3v) is 6.43. The summed E-state index contributed by atoms with van der Waals surface area (Å²) < 4.78 is 0. The molecule has 7 heteroatoms. The zero-order chi connectivity index (χ0) is 26.4. The van der Waals surface area contributed by atoms with Gasteiger partial charge in [0.1, 0.15) is 6.04 Å². The van der Waals surface area contributed by atoms with E-state index in [-0.39, 0.29) is 23.3 Å². The topological polar surface area (TPSA) is 98.7 Å². The van der Waals surface area contributed by atoms with Crippen LogP contribution in [0, 0.1) is 11.3 Å². The Kier molecular flexibility index (Phi) is 10.1. The summed E-state index contributed by atoms with van der Waals surface area (Å²) in [6.07, 6.45) is 1.60. The second-order valence-corrected chi connectivity index (χ2v) is 11.0. The Labute approximate surface area is 205 Å². The van der Waals surface area contributed by atoms with Crippen LogP contribution < -0.4 is 10.6 Å².